The number of nitrogens with one attached hydrogen (secondary N) is 13. The number of hydrazine groups is 5. The third-order valence-electron chi connectivity index (χ3n) is 24.1. The molecule has 20 rings (SSSR count). The first-order chi connectivity index (χ1) is 71.1. The second kappa shape index (κ2) is 49.4. The summed E-state index contributed by atoms with van der Waals surface area (Å²) in [5, 5.41) is 15.5. The Labute approximate surface area is 843 Å². The van der Waals surface area contributed by atoms with Crippen LogP contribution in [0.1, 0.15) is 121 Å². The predicted octanol–water partition coefficient (Wildman–Crippen LogP) is 14.1. The van der Waals surface area contributed by atoms with E-state index in [1.54, 1.807) is 80.7 Å². The Balaban J connectivity index is 0.000000133. The molecule has 12 aromatic rings. The molecule has 8 aliphatic rings. The van der Waals surface area contributed by atoms with Crippen molar-refractivity contribution in [2.45, 2.75) is 69.4 Å². The van der Waals surface area contributed by atoms with Crippen molar-refractivity contribution in [3.63, 3.8) is 0 Å². The van der Waals surface area contributed by atoms with Gasteiger partial charge in [-0.25, -0.2) is 62.9 Å². The van der Waals surface area contributed by atoms with Crippen LogP contribution in [-0.2, 0) is 29.9 Å². The highest BCUT2D eigenvalue weighted by molar-refractivity contribution is 7.99. The van der Waals surface area contributed by atoms with Crippen molar-refractivity contribution in [2.75, 3.05) is 216 Å². The summed E-state index contributed by atoms with van der Waals surface area (Å²) in [6.07, 6.45) is 13.5. The van der Waals surface area contributed by atoms with Crippen molar-refractivity contribution in [1.82, 2.24) is 86.9 Å². The molecule has 40 nitrogen and oxygen atoms in total. The van der Waals surface area contributed by atoms with E-state index >= 15 is 0 Å². The Kier molecular flexibility index (Phi) is 34.6. The van der Waals surface area contributed by atoms with Crippen LogP contribution in [-0.4, -0.2) is 227 Å². The minimum atomic E-state index is -4.54. The van der Waals surface area contributed by atoms with Crippen molar-refractivity contribution in [2.24, 2.45) is 0 Å². The van der Waals surface area contributed by atoms with Crippen LogP contribution in [0.4, 0.5) is 135 Å². The molecule has 8 aliphatic heterocycles. The van der Waals surface area contributed by atoms with Gasteiger partial charge in [0.05, 0.1) is 143 Å². The monoisotopic (exact) mass is 2050 g/mol. The normalized spacial score (nSPS) is 16.7. The minimum absolute atomic E-state index is 0.0161. The number of aryl methyl sites for hydroxylation is 1. The van der Waals surface area contributed by atoms with Gasteiger partial charge in [-0.15, -0.1) is 0 Å². The first-order valence-electron chi connectivity index (χ1n) is 47.4. The zero-order valence-corrected chi connectivity index (χ0v) is 80.6. The summed E-state index contributed by atoms with van der Waals surface area (Å²) in [6, 6.07) is 37.5. The zero-order chi connectivity index (χ0) is 101. The number of nitrogens with zero attached hydrogens (tertiary/aromatic N) is 18. The first kappa shape index (κ1) is 102. The summed E-state index contributed by atoms with van der Waals surface area (Å²) in [6.45, 7) is 14.3. The molecule has 4 amide bonds. The third-order valence-corrected chi connectivity index (χ3v) is 25.8. The molecule has 0 aliphatic carbocycles. The van der Waals surface area contributed by atoms with E-state index < -0.39 is 58.6 Å². The standard InChI is InChI=1S/C25H28FN7O2S.C24H25ClFN7O3.C24H25F4N9O2.C24H27FN8O2/c1-16-13-17(4-6-19(16)22-3-2-12-36-22)29-18-5-7-21(27-14-18)24(34)31-32-25-28-15-20(26)23(30-25)33-8-10-35-11-9-33;25-18-12-15(3-5-17(18)21-2-1-9-36-21)29-16-4-6-20(27-13-16)23(34)31-32-24-28-14-19(26)22(30-24)33-7-10-35-11-8-33;25-18-14-30-23(33-21(18)36-8-10-39-11-9-36)35-34-22(38)19-4-2-16(13-29-19)32-15-3-5-20(37-7-1-6-31-37)17(12-15)24(26,27)28;25-20-16-27-24(29-22(20)33-11-13-35-14-12-33)31-30-23(34)21-8-5-18(15-26-21)28-17-3-6-19(7-4-17)32-9-1-2-10-32/h4-7,13-15,22,29H,2-3,8-12H2,1H3,(H,31,34)(H,28,30,32);3-6,12-14,21,29H,1-2,7-11H2,(H,31,34)(H,28,30,32);2-5,12-14,31-32H,1,6-11H2,(H,34,38)(H,30,33,35);3-8,15-16,28H,1-2,9-14H2,(H,30,34)(H,27,29,31). The van der Waals surface area contributed by atoms with Gasteiger partial charge in [-0.05, 0) is 190 Å². The van der Waals surface area contributed by atoms with Crippen LogP contribution in [0.2, 0.25) is 5.02 Å². The van der Waals surface area contributed by atoms with Crippen molar-refractivity contribution in [1.29, 1.82) is 0 Å². The van der Waals surface area contributed by atoms with Gasteiger partial charge in [0.2, 0.25) is 23.8 Å². The first-order valence-corrected chi connectivity index (χ1v) is 48.8. The molecule has 0 saturated carbocycles. The lowest BCUT2D eigenvalue weighted by atomic mass is 10.0. The largest absolute Gasteiger partial charge is 0.418 e. The number of carbonyl (C=O) groups excluding carboxylic acids is 4. The second-order valence-electron chi connectivity index (χ2n) is 34.1. The number of benzene rings is 4. The van der Waals surface area contributed by atoms with E-state index in [2.05, 4.69) is 172 Å². The number of anilines is 18. The molecular formula is C97H105ClF7N31O9S. The summed E-state index contributed by atoms with van der Waals surface area (Å²) in [4.78, 5) is 108. The summed E-state index contributed by atoms with van der Waals surface area (Å²) in [5.74, 6) is -2.20. The highest BCUT2D eigenvalue weighted by Gasteiger charge is 2.37. The van der Waals surface area contributed by atoms with Gasteiger partial charge in [0.15, 0.2) is 46.5 Å². The van der Waals surface area contributed by atoms with Crippen molar-refractivity contribution in [3.8, 4) is 0 Å². The van der Waals surface area contributed by atoms with Gasteiger partial charge in [-0.3, -0.25) is 62.6 Å². The van der Waals surface area contributed by atoms with Gasteiger partial charge < -0.3 is 74.5 Å². The molecule has 8 fully saturated rings. The van der Waals surface area contributed by atoms with Crippen LogP contribution in [0.15, 0.2) is 177 Å². The topological polar surface area (TPSA) is 445 Å². The number of pyridine rings is 4. The molecule has 146 heavy (non-hydrogen) atoms. The van der Waals surface area contributed by atoms with Crippen molar-refractivity contribution >= 4 is 151 Å². The number of morpholine rings is 4. The van der Waals surface area contributed by atoms with E-state index in [-0.39, 0.29) is 87.3 Å². The fraction of sp³-hybridized carbons (Fsp3) is 0.340. The Morgan fingerprint density at radius 2 is 0.753 bits per heavy atom. The lowest BCUT2D eigenvalue weighted by molar-refractivity contribution is -0.137. The van der Waals surface area contributed by atoms with E-state index in [9.17, 15) is 49.9 Å². The molecule has 13 N–H and O–H groups in total. The van der Waals surface area contributed by atoms with Crippen LogP contribution in [0.25, 0.3) is 0 Å². The molecule has 0 spiro atoms. The van der Waals surface area contributed by atoms with Crippen LogP contribution >= 0.6 is 23.4 Å². The van der Waals surface area contributed by atoms with Gasteiger partial charge in [-0.1, -0.05) is 23.7 Å². The highest BCUT2D eigenvalue weighted by atomic mass is 35.5. The van der Waals surface area contributed by atoms with Crippen LogP contribution in [0, 0.1) is 30.2 Å². The molecule has 2 unspecified atom stereocenters. The van der Waals surface area contributed by atoms with Gasteiger partial charge in [0.1, 0.15) is 22.8 Å². The minimum Gasteiger partial charge on any atom is -0.378 e. The maximum Gasteiger partial charge on any atom is 0.418 e. The average molecular weight is 2050 g/mol. The molecule has 0 bridgehead atoms. The van der Waals surface area contributed by atoms with E-state index in [1.165, 1.54) is 77.7 Å². The number of amides is 4. The molecule has 16 heterocycles. The molecule has 8 saturated heterocycles. The average Bonchev–Trinajstić information content (AvgIpc) is 1.50. The summed E-state index contributed by atoms with van der Waals surface area (Å²) in [5.41, 5.74) is 33.6. The third kappa shape index (κ3) is 27.7. The van der Waals surface area contributed by atoms with E-state index in [1.807, 2.05) is 42.1 Å². The number of aromatic nitrogens is 12. The van der Waals surface area contributed by atoms with Gasteiger partial charge in [0.25, 0.3) is 23.6 Å². The SMILES string of the molecule is Cc1cc(Nc2ccc(C(=O)NNc3ncc(F)c(N4CCOCC4)n3)nc2)ccc1C1CCCS1.O=C(NNc1ncc(F)c(N2CCOCC2)n1)c1ccc(Nc2ccc(C3CCCO3)c(Cl)c2)cn1.O=C(NNc1ncc(F)c(N2CCOCC2)n1)c1ccc(Nc2ccc(N3CCCC3)cc2)cn1.O=C(NNc1ncc(F)c(N2CCOCC2)n1)c1ccc(Nc2ccc(N3CCCN3)c(C(F)(F)F)c2)cn1. The number of ether oxygens (including phenoxy) is 5. The second-order valence-corrected chi connectivity index (χ2v) is 35.8. The number of hydrogen-bond acceptors (Lipinski definition) is 37. The summed E-state index contributed by atoms with van der Waals surface area (Å²) in [7, 11) is 0. The molecule has 764 valence electrons. The number of thioether (sulfide) groups is 1. The predicted molar refractivity (Wildman–Crippen MR) is 539 cm³/mol. The van der Waals surface area contributed by atoms with Gasteiger partial charge in [-0.2, -0.15) is 44.9 Å². The van der Waals surface area contributed by atoms with Crippen LogP contribution < -0.4 is 99.6 Å². The Hall–Kier alpha value is -15.2. The molecule has 4 aromatic carbocycles. The molecule has 8 aromatic heterocycles. The molecule has 0 radical (unpaired) electrons. The number of carbonyl (C=O) groups is 4. The van der Waals surface area contributed by atoms with E-state index in [0.717, 1.165) is 104 Å². The van der Waals surface area contributed by atoms with Crippen LogP contribution in [0.5, 0.6) is 0 Å². The highest BCUT2D eigenvalue weighted by Crippen LogP contribution is 2.43. The Bertz CT molecular complexity index is 6250. The number of halogens is 8. The maximum absolute atomic E-state index is 14.2. The summed E-state index contributed by atoms with van der Waals surface area (Å²) >= 11 is 8.48. The lowest BCUT2D eigenvalue weighted by Gasteiger charge is -2.28. The Morgan fingerprint density at radius 3 is 1.10 bits per heavy atom. The lowest BCUT2D eigenvalue weighted by Crippen LogP contribution is -2.38. The van der Waals surface area contributed by atoms with Crippen LogP contribution in [0.3, 0.4) is 0 Å². The van der Waals surface area contributed by atoms with Gasteiger partial charge in [0, 0.05) is 124 Å². The maximum atomic E-state index is 14.2. The molecule has 49 heteroatoms. The van der Waals surface area contributed by atoms with Crippen molar-refractivity contribution < 1.29 is 73.6 Å². The zero-order valence-electron chi connectivity index (χ0n) is 79.1. The van der Waals surface area contributed by atoms with Crippen molar-refractivity contribution in [3.05, 3.63) is 250 Å². The summed E-state index contributed by atoms with van der Waals surface area (Å²) < 4.78 is 125. The number of alkyl halides is 3. The van der Waals surface area contributed by atoms with E-state index in [0.29, 0.717) is 140 Å². The quantitative estimate of drug-likeness (QED) is 0.0160. The Morgan fingerprint density at radius 1 is 0.384 bits per heavy atom. The molecule has 2 atom stereocenters. The fourth-order valence-electron chi connectivity index (χ4n) is 16.6. The molecular weight excluding hydrogens is 1940 g/mol. The fourth-order valence-corrected chi connectivity index (χ4v) is 18.3. The number of rotatable bonds is 28. The van der Waals surface area contributed by atoms with E-state index in [4.69, 9.17) is 35.3 Å². The smallest absolute Gasteiger partial charge is 0.378 e. The number of hydrogen-bond donors (Lipinski definition) is 13. The van der Waals surface area contributed by atoms with Gasteiger partial charge >= 0.3 is 6.18 Å².